The first kappa shape index (κ1) is 17.5. The van der Waals surface area contributed by atoms with Crippen LogP contribution in [0.25, 0.3) is 10.9 Å². The van der Waals surface area contributed by atoms with Crippen LogP contribution >= 0.6 is 0 Å². The standard InChI is InChI=1S/C17H20N2O5/c1-17(2,3)24-16(23)14(20)19-13(15(21)22)8-10-9-18-12-7-5-4-6-11(10)12/h4-7,9,13,18H,8H2,1-3H3,(H,19,20)(H,21,22)/t13-/m0/s1. The van der Waals surface area contributed by atoms with Crippen LogP contribution in [0.1, 0.15) is 26.3 Å². The molecule has 1 heterocycles. The predicted octanol–water partition coefficient (Wildman–Crippen LogP) is 1.62. The van der Waals surface area contributed by atoms with Crippen molar-refractivity contribution in [3.8, 4) is 0 Å². The first-order valence-corrected chi connectivity index (χ1v) is 7.49. The fourth-order valence-corrected chi connectivity index (χ4v) is 2.26. The van der Waals surface area contributed by atoms with Crippen molar-refractivity contribution in [1.82, 2.24) is 10.3 Å². The second kappa shape index (κ2) is 6.74. The van der Waals surface area contributed by atoms with E-state index in [0.717, 1.165) is 16.5 Å². The summed E-state index contributed by atoms with van der Waals surface area (Å²) in [6, 6.07) is 6.20. The first-order chi connectivity index (χ1) is 11.2. The maximum atomic E-state index is 11.9. The zero-order valence-corrected chi connectivity index (χ0v) is 13.8. The number of ether oxygens (including phenoxy) is 1. The van der Waals surface area contributed by atoms with Crippen LogP contribution in [0.15, 0.2) is 30.5 Å². The van der Waals surface area contributed by atoms with Gasteiger partial charge in [0, 0.05) is 23.5 Å². The van der Waals surface area contributed by atoms with Crippen LogP contribution in [0.4, 0.5) is 0 Å². The van der Waals surface area contributed by atoms with Gasteiger partial charge in [-0.2, -0.15) is 0 Å². The number of aromatic amines is 1. The number of rotatable bonds is 4. The number of hydrogen-bond donors (Lipinski definition) is 3. The lowest BCUT2D eigenvalue weighted by Crippen LogP contribution is -2.46. The number of aromatic nitrogens is 1. The third-order valence-electron chi connectivity index (χ3n) is 3.29. The molecule has 7 nitrogen and oxygen atoms in total. The van der Waals surface area contributed by atoms with E-state index >= 15 is 0 Å². The molecule has 1 amide bonds. The fourth-order valence-electron chi connectivity index (χ4n) is 2.26. The first-order valence-electron chi connectivity index (χ1n) is 7.49. The molecular weight excluding hydrogens is 312 g/mol. The van der Waals surface area contributed by atoms with Crippen LogP contribution in [-0.2, 0) is 25.5 Å². The fraction of sp³-hybridized carbons (Fsp3) is 0.353. The number of fused-ring (bicyclic) bond motifs is 1. The number of H-pyrrole nitrogens is 1. The van der Waals surface area contributed by atoms with Gasteiger partial charge in [-0.25, -0.2) is 9.59 Å². The van der Waals surface area contributed by atoms with Gasteiger partial charge < -0.3 is 20.1 Å². The number of carboxylic acid groups (broad SMARTS) is 1. The Morgan fingerprint density at radius 3 is 2.54 bits per heavy atom. The van der Waals surface area contributed by atoms with E-state index in [1.165, 1.54) is 0 Å². The van der Waals surface area contributed by atoms with Crippen molar-refractivity contribution in [2.75, 3.05) is 0 Å². The second-order valence-electron chi connectivity index (χ2n) is 6.43. The van der Waals surface area contributed by atoms with Gasteiger partial charge in [-0.15, -0.1) is 0 Å². The van der Waals surface area contributed by atoms with Crippen LogP contribution < -0.4 is 5.32 Å². The summed E-state index contributed by atoms with van der Waals surface area (Å²) in [6.45, 7) is 4.87. The Hall–Kier alpha value is -2.83. The van der Waals surface area contributed by atoms with Gasteiger partial charge in [-0.05, 0) is 32.4 Å². The number of carbonyl (C=O) groups excluding carboxylic acids is 2. The van der Waals surface area contributed by atoms with E-state index in [9.17, 15) is 19.5 Å². The molecule has 0 saturated heterocycles. The molecule has 0 saturated carbocycles. The van der Waals surface area contributed by atoms with Gasteiger partial charge in [0.1, 0.15) is 11.6 Å². The van der Waals surface area contributed by atoms with Gasteiger partial charge in [0.05, 0.1) is 0 Å². The monoisotopic (exact) mass is 332 g/mol. The van der Waals surface area contributed by atoms with Gasteiger partial charge in [-0.1, -0.05) is 18.2 Å². The van der Waals surface area contributed by atoms with Gasteiger partial charge in [0.25, 0.3) is 0 Å². The zero-order chi connectivity index (χ0) is 17.9. The molecule has 0 spiro atoms. The lowest BCUT2D eigenvalue weighted by Gasteiger charge is -2.20. The van der Waals surface area contributed by atoms with E-state index in [0.29, 0.717) is 0 Å². The highest BCUT2D eigenvalue weighted by Gasteiger charge is 2.28. The van der Waals surface area contributed by atoms with Crippen molar-refractivity contribution < 1.29 is 24.2 Å². The number of carboxylic acids is 1. The molecule has 1 atom stereocenters. The number of aliphatic carboxylic acids is 1. The van der Waals surface area contributed by atoms with Crippen LogP contribution in [0, 0.1) is 0 Å². The molecule has 128 valence electrons. The van der Waals surface area contributed by atoms with Gasteiger partial charge >= 0.3 is 17.8 Å². The molecule has 0 unspecified atom stereocenters. The lowest BCUT2D eigenvalue weighted by atomic mass is 10.0. The number of para-hydroxylation sites is 1. The molecule has 0 fully saturated rings. The molecule has 1 aromatic carbocycles. The summed E-state index contributed by atoms with van der Waals surface area (Å²) < 4.78 is 4.94. The summed E-state index contributed by atoms with van der Waals surface area (Å²) in [6.07, 6.45) is 1.74. The van der Waals surface area contributed by atoms with Crippen molar-refractivity contribution in [2.24, 2.45) is 0 Å². The van der Waals surface area contributed by atoms with Crippen molar-refractivity contribution in [3.05, 3.63) is 36.0 Å². The van der Waals surface area contributed by atoms with Gasteiger partial charge in [-0.3, -0.25) is 4.79 Å². The van der Waals surface area contributed by atoms with E-state index in [1.807, 2.05) is 24.3 Å². The Labute approximate surface area is 139 Å². The minimum Gasteiger partial charge on any atom is -0.480 e. The third-order valence-corrected chi connectivity index (χ3v) is 3.29. The Kier molecular flexibility index (Phi) is 4.92. The predicted molar refractivity (Wildman–Crippen MR) is 87.4 cm³/mol. The lowest BCUT2D eigenvalue weighted by molar-refractivity contribution is -0.164. The zero-order valence-electron chi connectivity index (χ0n) is 13.8. The summed E-state index contributed by atoms with van der Waals surface area (Å²) in [5, 5.41) is 12.4. The average Bonchev–Trinajstić information content (AvgIpc) is 2.88. The number of hydrogen-bond acceptors (Lipinski definition) is 4. The molecule has 0 radical (unpaired) electrons. The minimum atomic E-state index is -1.23. The highest BCUT2D eigenvalue weighted by molar-refractivity contribution is 6.33. The van der Waals surface area contributed by atoms with Crippen molar-refractivity contribution in [2.45, 2.75) is 38.8 Å². The third kappa shape index (κ3) is 4.34. The largest absolute Gasteiger partial charge is 0.480 e. The molecule has 7 heteroatoms. The van der Waals surface area contributed by atoms with E-state index in [4.69, 9.17) is 4.74 Å². The summed E-state index contributed by atoms with van der Waals surface area (Å²) in [4.78, 5) is 38.0. The Bertz CT molecular complexity index is 773. The molecule has 2 rings (SSSR count). The topological polar surface area (TPSA) is 108 Å². The van der Waals surface area contributed by atoms with E-state index in [-0.39, 0.29) is 6.42 Å². The summed E-state index contributed by atoms with van der Waals surface area (Å²) in [7, 11) is 0. The molecule has 0 aliphatic heterocycles. The number of amides is 1. The number of nitrogens with one attached hydrogen (secondary N) is 2. The number of benzene rings is 1. The van der Waals surface area contributed by atoms with Crippen LogP contribution in [0.2, 0.25) is 0 Å². The van der Waals surface area contributed by atoms with E-state index < -0.39 is 29.5 Å². The summed E-state index contributed by atoms with van der Waals surface area (Å²) in [5.41, 5.74) is 0.780. The van der Waals surface area contributed by atoms with Gasteiger partial charge in [0.2, 0.25) is 0 Å². The second-order valence-corrected chi connectivity index (χ2v) is 6.43. The molecule has 3 N–H and O–H groups in total. The van der Waals surface area contributed by atoms with Crippen LogP contribution in [-0.4, -0.2) is 39.6 Å². The number of esters is 1. The van der Waals surface area contributed by atoms with Crippen LogP contribution in [0.5, 0.6) is 0 Å². The quantitative estimate of drug-likeness (QED) is 0.582. The molecule has 2 aromatic rings. The van der Waals surface area contributed by atoms with Gasteiger partial charge in [0.15, 0.2) is 0 Å². The molecule has 0 bridgehead atoms. The smallest absolute Gasteiger partial charge is 0.397 e. The van der Waals surface area contributed by atoms with E-state index in [1.54, 1.807) is 27.0 Å². The molecule has 0 aliphatic carbocycles. The normalized spacial score (nSPS) is 12.6. The van der Waals surface area contributed by atoms with E-state index in [2.05, 4.69) is 10.3 Å². The number of carbonyl (C=O) groups is 3. The maximum absolute atomic E-state index is 11.9. The maximum Gasteiger partial charge on any atom is 0.397 e. The summed E-state index contributed by atoms with van der Waals surface area (Å²) in [5.74, 6) is -3.40. The Balaban J connectivity index is 2.11. The minimum absolute atomic E-state index is 0.0495. The SMILES string of the molecule is CC(C)(C)OC(=O)C(=O)N[C@@H](Cc1c[nH]c2ccccc12)C(=O)O. The van der Waals surface area contributed by atoms with Crippen molar-refractivity contribution in [3.63, 3.8) is 0 Å². The van der Waals surface area contributed by atoms with Crippen molar-refractivity contribution in [1.29, 1.82) is 0 Å². The Morgan fingerprint density at radius 1 is 1.25 bits per heavy atom. The molecule has 24 heavy (non-hydrogen) atoms. The average molecular weight is 332 g/mol. The summed E-state index contributed by atoms with van der Waals surface area (Å²) >= 11 is 0. The molecule has 0 aliphatic rings. The highest BCUT2D eigenvalue weighted by atomic mass is 16.6. The highest BCUT2D eigenvalue weighted by Crippen LogP contribution is 2.19. The Morgan fingerprint density at radius 2 is 1.92 bits per heavy atom. The van der Waals surface area contributed by atoms with Crippen LogP contribution in [0.3, 0.4) is 0 Å². The molecule has 1 aromatic heterocycles. The molecular formula is C17H20N2O5. The van der Waals surface area contributed by atoms with Crippen molar-refractivity contribution >= 4 is 28.7 Å².